The number of imide groups is 1. The summed E-state index contributed by atoms with van der Waals surface area (Å²) in [7, 11) is 1.68. The van der Waals surface area contributed by atoms with Gasteiger partial charge in [-0.3, -0.25) is 14.5 Å². The summed E-state index contributed by atoms with van der Waals surface area (Å²) < 4.78 is 5.42. The van der Waals surface area contributed by atoms with Crippen LogP contribution in [0.5, 0.6) is 5.75 Å². The molecule has 1 saturated heterocycles. The minimum absolute atomic E-state index is 0.0828. The summed E-state index contributed by atoms with van der Waals surface area (Å²) in [6.45, 7) is 4.70. The van der Waals surface area contributed by atoms with Crippen molar-refractivity contribution in [3.05, 3.63) is 29.8 Å². The van der Waals surface area contributed by atoms with Crippen molar-refractivity contribution in [1.82, 2.24) is 15.1 Å². The van der Waals surface area contributed by atoms with Crippen LogP contribution in [0, 0.1) is 5.92 Å². The second kappa shape index (κ2) is 8.20. The van der Waals surface area contributed by atoms with E-state index < -0.39 is 11.6 Å². The Labute approximate surface area is 166 Å². The molecule has 1 spiro atoms. The SMILES string of the molecule is CCOc1ccc(CN(C)C(=O)CN2C(=O)N[C@@]3(CCCC[C@@H]3C)C2=O)cc1. The van der Waals surface area contributed by atoms with Crippen LogP contribution in [-0.4, -0.2) is 53.4 Å². The van der Waals surface area contributed by atoms with Crippen LogP contribution in [0.15, 0.2) is 24.3 Å². The second-order valence-corrected chi connectivity index (χ2v) is 7.77. The summed E-state index contributed by atoms with van der Waals surface area (Å²) in [5.41, 5.74) is 0.123. The van der Waals surface area contributed by atoms with Crippen LogP contribution < -0.4 is 10.1 Å². The largest absolute Gasteiger partial charge is 0.494 e. The normalized spacial score (nSPS) is 24.4. The highest BCUT2D eigenvalue weighted by atomic mass is 16.5. The van der Waals surface area contributed by atoms with Crippen LogP contribution in [-0.2, 0) is 16.1 Å². The molecule has 7 nitrogen and oxygen atoms in total. The van der Waals surface area contributed by atoms with E-state index in [4.69, 9.17) is 4.74 Å². The maximum atomic E-state index is 13.0. The maximum Gasteiger partial charge on any atom is 0.325 e. The summed E-state index contributed by atoms with van der Waals surface area (Å²) in [5.74, 6) is 0.344. The molecular formula is C21H29N3O4. The standard InChI is InChI=1S/C21H29N3O4/c1-4-28-17-10-8-16(9-11-17)13-23(3)18(25)14-24-19(26)21(22-20(24)27)12-6-5-7-15(21)2/h8-11,15H,4-7,12-14H2,1-3H3,(H,22,27)/t15-,21+/m0/s1. The van der Waals surface area contributed by atoms with E-state index >= 15 is 0 Å². The monoisotopic (exact) mass is 387 g/mol. The van der Waals surface area contributed by atoms with Crippen molar-refractivity contribution in [2.24, 2.45) is 5.92 Å². The molecule has 7 heteroatoms. The smallest absolute Gasteiger partial charge is 0.325 e. The maximum absolute atomic E-state index is 13.0. The van der Waals surface area contributed by atoms with Gasteiger partial charge in [0.05, 0.1) is 6.61 Å². The molecule has 1 aliphatic carbocycles. The van der Waals surface area contributed by atoms with Crippen molar-refractivity contribution in [2.75, 3.05) is 20.2 Å². The molecule has 1 aliphatic heterocycles. The van der Waals surface area contributed by atoms with Crippen molar-refractivity contribution < 1.29 is 19.1 Å². The third kappa shape index (κ3) is 3.84. The molecule has 0 radical (unpaired) electrons. The number of hydrogen-bond acceptors (Lipinski definition) is 4. The first-order valence-corrected chi connectivity index (χ1v) is 9.97. The second-order valence-electron chi connectivity index (χ2n) is 7.77. The molecule has 152 valence electrons. The predicted octanol–water partition coefficient (Wildman–Crippen LogP) is 2.54. The van der Waals surface area contributed by atoms with Crippen molar-refractivity contribution in [2.45, 2.75) is 51.6 Å². The van der Waals surface area contributed by atoms with Crippen molar-refractivity contribution in [3.8, 4) is 5.75 Å². The Morgan fingerprint density at radius 2 is 2.00 bits per heavy atom. The van der Waals surface area contributed by atoms with Crippen LogP contribution in [0.2, 0.25) is 0 Å². The van der Waals surface area contributed by atoms with Gasteiger partial charge in [-0.2, -0.15) is 0 Å². The molecule has 3 rings (SSSR count). The molecule has 0 bridgehead atoms. The van der Waals surface area contributed by atoms with E-state index in [-0.39, 0.29) is 24.3 Å². The highest BCUT2D eigenvalue weighted by molar-refractivity contribution is 6.09. The lowest BCUT2D eigenvalue weighted by atomic mass is 9.73. The zero-order valence-electron chi connectivity index (χ0n) is 16.9. The fourth-order valence-electron chi connectivity index (χ4n) is 4.11. The predicted molar refractivity (Wildman–Crippen MR) is 105 cm³/mol. The Kier molecular flexibility index (Phi) is 5.91. The topological polar surface area (TPSA) is 79.0 Å². The van der Waals surface area contributed by atoms with Gasteiger partial charge < -0.3 is 15.0 Å². The third-order valence-electron chi connectivity index (χ3n) is 5.87. The van der Waals surface area contributed by atoms with E-state index in [1.807, 2.05) is 38.1 Å². The first-order chi connectivity index (χ1) is 13.4. The summed E-state index contributed by atoms with van der Waals surface area (Å²) in [6, 6.07) is 7.08. The Morgan fingerprint density at radius 1 is 1.29 bits per heavy atom. The van der Waals surface area contributed by atoms with Gasteiger partial charge in [-0.1, -0.05) is 31.9 Å². The Hall–Kier alpha value is -2.57. The van der Waals surface area contributed by atoms with Crippen molar-refractivity contribution in [1.29, 1.82) is 0 Å². The Balaban J connectivity index is 1.62. The highest BCUT2D eigenvalue weighted by Crippen LogP contribution is 2.38. The molecule has 0 unspecified atom stereocenters. The Bertz CT molecular complexity index is 749. The highest BCUT2D eigenvalue weighted by Gasteiger charge is 2.55. The van der Waals surface area contributed by atoms with Gasteiger partial charge in [0.1, 0.15) is 17.8 Å². The zero-order chi connectivity index (χ0) is 20.3. The molecule has 1 N–H and O–H groups in total. The fraction of sp³-hybridized carbons (Fsp3) is 0.571. The van der Waals surface area contributed by atoms with Gasteiger partial charge in [-0.25, -0.2) is 4.79 Å². The number of carbonyl (C=O) groups is 3. The number of likely N-dealkylation sites (N-methyl/N-ethyl adjacent to an activating group) is 1. The van der Waals surface area contributed by atoms with Crippen LogP contribution >= 0.6 is 0 Å². The molecule has 28 heavy (non-hydrogen) atoms. The molecule has 2 aliphatic rings. The van der Waals surface area contributed by atoms with E-state index in [2.05, 4.69) is 5.32 Å². The van der Waals surface area contributed by atoms with Crippen LogP contribution in [0.3, 0.4) is 0 Å². The molecule has 1 heterocycles. The van der Waals surface area contributed by atoms with Gasteiger partial charge in [0.25, 0.3) is 5.91 Å². The number of hydrogen-bond donors (Lipinski definition) is 1. The summed E-state index contributed by atoms with van der Waals surface area (Å²) in [6.07, 6.45) is 3.53. The average molecular weight is 387 g/mol. The van der Waals surface area contributed by atoms with Gasteiger partial charge in [0.2, 0.25) is 5.91 Å². The van der Waals surface area contributed by atoms with E-state index in [0.29, 0.717) is 19.6 Å². The number of benzene rings is 1. The number of carbonyl (C=O) groups excluding carboxylic acids is 3. The minimum atomic E-state index is -0.830. The van der Waals surface area contributed by atoms with Gasteiger partial charge in [-0.15, -0.1) is 0 Å². The number of rotatable bonds is 6. The quantitative estimate of drug-likeness (QED) is 0.761. The molecule has 0 aromatic heterocycles. The third-order valence-corrected chi connectivity index (χ3v) is 5.87. The summed E-state index contributed by atoms with van der Waals surface area (Å²) in [5, 5.41) is 2.88. The first-order valence-electron chi connectivity index (χ1n) is 9.97. The first kappa shape index (κ1) is 20.2. The number of amides is 4. The van der Waals surface area contributed by atoms with Gasteiger partial charge >= 0.3 is 6.03 Å². The molecule has 1 aromatic rings. The number of nitrogens with zero attached hydrogens (tertiary/aromatic N) is 2. The number of nitrogens with one attached hydrogen (secondary N) is 1. The van der Waals surface area contributed by atoms with E-state index in [1.165, 1.54) is 4.90 Å². The van der Waals surface area contributed by atoms with Crippen molar-refractivity contribution in [3.63, 3.8) is 0 Å². The molecule has 1 aromatic carbocycles. The average Bonchev–Trinajstić information content (AvgIpc) is 2.91. The summed E-state index contributed by atoms with van der Waals surface area (Å²) in [4.78, 5) is 40.7. The van der Waals surface area contributed by atoms with E-state index in [1.54, 1.807) is 7.05 Å². The number of ether oxygens (including phenoxy) is 1. The zero-order valence-corrected chi connectivity index (χ0v) is 16.9. The van der Waals surface area contributed by atoms with Crippen molar-refractivity contribution >= 4 is 17.8 Å². The van der Waals surface area contributed by atoms with Crippen LogP contribution in [0.25, 0.3) is 0 Å². The lowest BCUT2D eigenvalue weighted by Crippen LogP contribution is -2.54. The van der Waals surface area contributed by atoms with Gasteiger partial charge in [0, 0.05) is 13.6 Å². The van der Waals surface area contributed by atoms with Crippen LogP contribution in [0.1, 0.15) is 45.1 Å². The summed E-state index contributed by atoms with van der Waals surface area (Å²) >= 11 is 0. The Morgan fingerprint density at radius 3 is 2.64 bits per heavy atom. The number of urea groups is 1. The fourth-order valence-corrected chi connectivity index (χ4v) is 4.11. The molecular weight excluding hydrogens is 358 g/mol. The molecule has 2 atom stereocenters. The molecule has 2 fully saturated rings. The van der Waals surface area contributed by atoms with Gasteiger partial charge in [0.15, 0.2) is 0 Å². The lowest BCUT2D eigenvalue weighted by molar-refractivity contribution is -0.140. The van der Waals surface area contributed by atoms with E-state index in [9.17, 15) is 14.4 Å². The molecule has 4 amide bonds. The minimum Gasteiger partial charge on any atom is -0.494 e. The van der Waals surface area contributed by atoms with Gasteiger partial charge in [-0.05, 0) is 43.4 Å². The van der Waals surface area contributed by atoms with Crippen LogP contribution in [0.4, 0.5) is 4.79 Å². The lowest BCUT2D eigenvalue weighted by Gasteiger charge is -2.36. The molecule has 1 saturated carbocycles. The van der Waals surface area contributed by atoms with E-state index in [0.717, 1.165) is 35.5 Å².